The van der Waals surface area contributed by atoms with Crippen LogP contribution in [0.4, 0.5) is 0 Å². The van der Waals surface area contributed by atoms with E-state index in [0.717, 1.165) is 11.3 Å². The fourth-order valence-electron chi connectivity index (χ4n) is 3.10. The first-order valence-corrected chi connectivity index (χ1v) is 10.7. The Kier molecular flexibility index (Phi) is 5.64. The molecule has 0 unspecified atom stereocenters. The number of nitrogens with zero attached hydrogens (tertiary/aromatic N) is 3. The molecule has 0 saturated carbocycles. The summed E-state index contributed by atoms with van der Waals surface area (Å²) in [4.78, 5) is 33.9. The van der Waals surface area contributed by atoms with E-state index in [-0.39, 0.29) is 18.0 Å². The summed E-state index contributed by atoms with van der Waals surface area (Å²) in [5.74, 6) is -0.0663. The van der Waals surface area contributed by atoms with Gasteiger partial charge in [0.2, 0.25) is 5.91 Å². The Bertz CT molecular complexity index is 1120. The van der Waals surface area contributed by atoms with E-state index in [4.69, 9.17) is 0 Å². The van der Waals surface area contributed by atoms with Crippen molar-refractivity contribution in [2.75, 3.05) is 6.54 Å². The first-order valence-electron chi connectivity index (χ1n) is 8.98. The van der Waals surface area contributed by atoms with E-state index in [1.807, 2.05) is 58.1 Å². The molecule has 5 nitrogen and oxygen atoms in total. The maximum absolute atomic E-state index is 13.1. The number of hydrogen-bond donors (Lipinski definition) is 0. The van der Waals surface area contributed by atoms with Gasteiger partial charge in [-0.1, -0.05) is 24.3 Å². The van der Waals surface area contributed by atoms with E-state index in [2.05, 4.69) is 11.1 Å². The lowest BCUT2D eigenvalue weighted by Crippen LogP contribution is -2.37. The first-order chi connectivity index (χ1) is 13.7. The fourth-order valence-corrected chi connectivity index (χ4v) is 4.51. The van der Waals surface area contributed by atoms with Gasteiger partial charge in [-0.05, 0) is 41.4 Å². The number of carbonyl (C=O) groups excluding carboxylic acids is 1. The highest BCUT2D eigenvalue weighted by Crippen LogP contribution is 2.16. The molecule has 4 rings (SSSR count). The molecule has 28 heavy (non-hydrogen) atoms. The van der Waals surface area contributed by atoms with Crippen LogP contribution in [-0.2, 0) is 24.3 Å². The standard InChI is InChI=1S/C21H19N3O2S2/c25-20-13-22-18-7-1-2-8-19(18)24(20)15-21(26)23(14-17-6-4-12-28-17)10-9-16-5-3-11-27-16/h1-8,11-13H,9-10,14-15H2. The molecule has 1 aromatic carbocycles. The van der Waals surface area contributed by atoms with Gasteiger partial charge in [0, 0.05) is 16.3 Å². The molecule has 0 N–H and O–H groups in total. The van der Waals surface area contributed by atoms with Crippen molar-refractivity contribution in [1.29, 1.82) is 0 Å². The third-order valence-electron chi connectivity index (χ3n) is 4.53. The maximum Gasteiger partial charge on any atom is 0.269 e. The molecule has 0 aliphatic carbocycles. The van der Waals surface area contributed by atoms with E-state index in [1.54, 1.807) is 22.7 Å². The highest BCUT2D eigenvalue weighted by Gasteiger charge is 2.17. The van der Waals surface area contributed by atoms with Crippen LogP contribution < -0.4 is 5.56 Å². The number of fused-ring (bicyclic) bond motifs is 1. The normalized spacial score (nSPS) is 11.0. The average Bonchev–Trinajstić information content (AvgIpc) is 3.41. The molecule has 1 amide bonds. The molecule has 3 aromatic heterocycles. The smallest absolute Gasteiger partial charge is 0.269 e. The van der Waals surface area contributed by atoms with Crippen molar-refractivity contribution in [3.05, 3.63) is 85.6 Å². The average molecular weight is 410 g/mol. The molecule has 3 heterocycles. The number of amides is 1. The molecule has 0 aliphatic heterocycles. The fraction of sp³-hybridized carbons (Fsp3) is 0.190. The van der Waals surface area contributed by atoms with E-state index in [1.165, 1.54) is 15.6 Å². The van der Waals surface area contributed by atoms with E-state index in [9.17, 15) is 9.59 Å². The van der Waals surface area contributed by atoms with Crippen molar-refractivity contribution >= 4 is 39.6 Å². The number of para-hydroxylation sites is 2. The largest absolute Gasteiger partial charge is 0.336 e. The minimum absolute atomic E-state index is 0.0116. The number of rotatable bonds is 7. The Balaban J connectivity index is 1.58. The van der Waals surface area contributed by atoms with Crippen LogP contribution in [0.25, 0.3) is 11.0 Å². The molecule has 0 atom stereocenters. The van der Waals surface area contributed by atoms with Crippen molar-refractivity contribution in [1.82, 2.24) is 14.5 Å². The molecule has 7 heteroatoms. The van der Waals surface area contributed by atoms with E-state index < -0.39 is 0 Å². The van der Waals surface area contributed by atoms with Gasteiger partial charge in [0.05, 0.1) is 23.8 Å². The van der Waals surface area contributed by atoms with Gasteiger partial charge in [-0.25, -0.2) is 4.98 Å². The highest BCUT2D eigenvalue weighted by atomic mass is 32.1. The molecule has 0 fully saturated rings. The second-order valence-electron chi connectivity index (χ2n) is 6.40. The number of carbonyl (C=O) groups is 1. The van der Waals surface area contributed by atoms with Crippen LogP contribution in [0.1, 0.15) is 9.75 Å². The van der Waals surface area contributed by atoms with Gasteiger partial charge < -0.3 is 4.90 Å². The molecule has 0 aliphatic rings. The van der Waals surface area contributed by atoms with Crippen LogP contribution in [0, 0.1) is 0 Å². The van der Waals surface area contributed by atoms with Crippen LogP contribution in [-0.4, -0.2) is 26.9 Å². The van der Waals surface area contributed by atoms with Gasteiger partial charge in [-0.15, -0.1) is 22.7 Å². The molecule has 0 saturated heterocycles. The molecule has 142 valence electrons. The third kappa shape index (κ3) is 4.21. The predicted octanol–water partition coefficient (Wildman–Crippen LogP) is 3.79. The maximum atomic E-state index is 13.1. The summed E-state index contributed by atoms with van der Waals surface area (Å²) in [6, 6.07) is 15.5. The Morgan fingerprint density at radius 2 is 1.75 bits per heavy atom. The second-order valence-corrected chi connectivity index (χ2v) is 8.46. The van der Waals surface area contributed by atoms with Crippen molar-refractivity contribution in [3.63, 3.8) is 0 Å². The Morgan fingerprint density at radius 3 is 2.50 bits per heavy atom. The first kappa shape index (κ1) is 18.6. The molecule has 0 spiro atoms. The van der Waals surface area contributed by atoms with E-state index in [0.29, 0.717) is 24.1 Å². The van der Waals surface area contributed by atoms with Gasteiger partial charge in [-0.2, -0.15) is 0 Å². The Hall–Kier alpha value is -2.77. The lowest BCUT2D eigenvalue weighted by molar-refractivity contribution is -0.132. The van der Waals surface area contributed by atoms with Gasteiger partial charge >= 0.3 is 0 Å². The molecule has 0 bridgehead atoms. The number of thiophene rings is 2. The molecule has 4 aromatic rings. The quantitative estimate of drug-likeness (QED) is 0.467. The summed E-state index contributed by atoms with van der Waals surface area (Å²) in [6.45, 7) is 1.19. The van der Waals surface area contributed by atoms with Crippen molar-refractivity contribution in [2.45, 2.75) is 19.5 Å². The summed E-state index contributed by atoms with van der Waals surface area (Å²) in [7, 11) is 0. The second kappa shape index (κ2) is 8.50. The Labute approximate surface area is 170 Å². The van der Waals surface area contributed by atoms with Gasteiger partial charge in [-0.3, -0.25) is 14.2 Å². The summed E-state index contributed by atoms with van der Waals surface area (Å²) in [5, 5.41) is 4.06. The predicted molar refractivity (Wildman–Crippen MR) is 114 cm³/mol. The van der Waals surface area contributed by atoms with Crippen LogP contribution in [0.5, 0.6) is 0 Å². The lowest BCUT2D eigenvalue weighted by Gasteiger charge is -2.23. The summed E-state index contributed by atoms with van der Waals surface area (Å²) in [6.07, 6.45) is 2.09. The van der Waals surface area contributed by atoms with E-state index >= 15 is 0 Å². The van der Waals surface area contributed by atoms with Crippen molar-refractivity contribution in [3.8, 4) is 0 Å². The molecular formula is C21H19N3O2S2. The SMILES string of the molecule is O=C(Cn1c(=O)cnc2ccccc21)N(CCc1cccs1)Cc1cccs1. The minimum Gasteiger partial charge on any atom is -0.336 e. The minimum atomic E-state index is -0.263. The van der Waals surface area contributed by atoms with Crippen LogP contribution in [0.2, 0.25) is 0 Å². The summed E-state index contributed by atoms with van der Waals surface area (Å²) in [5.41, 5.74) is 1.12. The number of benzene rings is 1. The summed E-state index contributed by atoms with van der Waals surface area (Å²) >= 11 is 3.33. The van der Waals surface area contributed by atoms with Gasteiger partial charge in [0.1, 0.15) is 6.54 Å². The lowest BCUT2D eigenvalue weighted by atomic mass is 10.2. The van der Waals surface area contributed by atoms with Crippen LogP contribution in [0.15, 0.2) is 70.3 Å². The monoisotopic (exact) mass is 409 g/mol. The molecular weight excluding hydrogens is 390 g/mol. The Morgan fingerprint density at radius 1 is 1.00 bits per heavy atom. The third-order valence-corrected chi connectivity index (χ3v) is 6.33. The zero-order chi connectivity index (χ0) is 19.3. The van der Waals surface area contributed by atoms with Crippen LogP contribution >= 0.6 is 22.7 Å². The number of hydrogen-bond acceptors (Lipinski definition) is 5. The van der Waals surface area contributed by atoms with Gasteiger partial charge in [0.25, 0.3) is 5.56 Å². The van der Waals surface area contributed by atoms with Gasteiger partial charge in [0.15, 0.2) is 0 Å². The van der Waals surface area contributed by atoms with Crippen LogP contribution in [0.3, 0.4) is 0 Å². The zero-order valence-corrected chi connectivity index (χ0v) is 16.8. The number of aromatic nitrogens is 2. The zero-order valence-electron chi connectivity index (χ0n) is 15.2. The topological polar surface area (TPSA) is 55.2 Å². The molecule has 0 radical (unpaired) electrons. The van der Waals surface area contributed by atoms with Crippen molar-refractivity contribution < 1.29 is 4.79 Å². The van der Waals surface area contributed by atoms with Crippen molar-refractivity contribution in [2.24, 2.45) is 0 Å². The highest BCUT2D eigenvalue weighted by molar-refractivity contribution is 7.10. The summed E-state index contributed by atoms with van der Waals surface area (Å²) < 4.78 is 1.51.